The van der Waals surface area contributed by atoms with Crippen LogP contribution in [0.25, 0.3) is 0 Å². The maximum absolute atomic E-state index is 12.1. The molecule has 0 spiro atoms. The molecule has 6 heteroatoms. The van der Waals surface area contributed by atoms with Crippen LogP contribution in [0.3, 0.4) is 0 Å². The summed E-state index contributed by atoms with van der Waals surface area (Å²) in [6.07, 6.45) is 0. The quantitative estimate of drug-likeness (QED) is 0.569. The van der Waals surface area contributed by atoms with E-state index in [4.69, 9.17) is 9.47 Å². The summed E-state index contributed by atoms with van der Waals surface area (Å²) in [6, 6.07) is 14.1. The molecule has 5 nitrogen and oxygen atoms in total. The van der Waals surface area contributed by atoms with Crippen molar-refractivity contribution in [3.63, 3.8) is 0 Å². The Morgan fingerprint density at radius 2 is 1.78 bits per heavy atom. The Morgan fingerprint density at radius 1 is 1.09 bits per heavy atom. The Kier molecular flexibility index (Phi) is 6.40. The Morgan fingerprint density at radius 3 is 2.48 bits per heavy atom. The summed E-state index contributed by atoms with van der Waals surface area (Å²) in [7, 11) is 0. The molecule has 120 valence electrons. The van der Waals surface area contributed by atoms with Gasteiger partial charge in [-0.25, -0.2) is 4.79 Å². The lowest BCUT2D eigenvalue weighted by atomic mass is 10.2. The number of esters is 1. The number of rotatable bonds is 6. The average molecular weight is 425 g/mol. The summed E-state index contributed by atoms with van der Waals surface area (Å²) in [5, 5.41) is 2.66. The minimum atomic E-state index is -0.591. The largest absolute Gasteiger partial charge is 0.493 e. The fourth-order valence-corrected chi connectivity index (χ4v) is 2.22. The highest BCUT2D eigenvalue weighted by atomic mass is 127. The minimum absolute atomic E-state index is 0.302. The van der Waals surface area contributed by atoms with E-state index >= 15 is 0 Å². The monoisotopic (exact) mass is 425 g/mol. The second-order valence-electron chi connectivity index (χ2n) is 4.56. The molecule has 2 aromatic carbocycles. The molecule has 0 aliphatic carbocycles. The van der Waals surface area contributed by atoms with Crippen LogP contribution in [0.1, 0.15) is 17.3 Å². The van der Waals surface area contributed by atoms with Gasteiger partial charge in [-0.1, -0.05) is 12.1 Å². The second kappa shape index (κ2) is 8.52. The molecule has 1 N–H and O–H groups in total. The second-order valence-corrected chi connectivity index (χ2v) is 5.81. The number of ether oxygens (including phenoxy) is 2. The van der Waals surface area contributed by atoms with E-state index in [1.165, 1.54) is 0 Å². The molecule has 2 rings (SSSR count). The van der Waals surface area contributed by atoms with E-state index < -0.39 is 11.9 Å². The highest BCUT2D eigenvalue weighted by molar-refractivity contribution is 14.1. The van der Waals surface area contributed by atoms with Crippen molar-refractivity contribution in [1.82, 2.24) is 0 Å². The maximum Gasteiger partial charge on any atom is 0.342 e. The first-order valence-corrected chi connectivity index (χ1v) is 8.12. The lowest BCUT2D eigenvalue weighted by Crippen LogP contribution is -2.21. The number of para-hydroxylation sites is 1. The molecule has 0 bridgehead atoms. The lowest BCUT2D eigenvalue weighted by molar-refractivity contribution is -0.119. The maximum atomic E-state index is 12.1. The minimum Gasteiger partial charge on any atom is -0.493 e. The predicted octanol–water partition coefficient (Wildman–Crippen LogP) is 3.49. The third-order valence-corrected chi connectivity index (χ3v) is 3.59. The van der Waals surface area contributed by atoms with Crippen LogP contribution < -0.4 is 10.1 Å². The first kappa shape index (κ1) is 17.3. The standard InChI is InChI=1S/C17H16INO4/c1-2-22-15-6-4-3-5-14(15)17(21)23-11-16(20)19-13-9-7-12(18)8-10-13/h3-10H,2,11H2,1H3,(H,19,20). The van der Waals surface area contributed by atoms with Gasteiger partial charge in [0.1, 0.15) is 11.3 Å². The normalized spacial score (nSPS) is 10.0. The van der Waals surface area contributed by atoms with Gasteiger partial charge in [0.25, 0.3) is 5.91 Å². The van der Waals surface area contributed by atoms with Crippen molar-refractivity contribution in [3.8, 4) is 5.75 Å². The summed E-state index contributed by atoms with van der Waals surface area (Å²) in [6.45, 7) is 1.92. The van der Waals surface area contributed by atoms with E-state index in [1.54, 1.807) is 36.4 Å². The van der Waals surface area contributed by atoms with E-state index in [0.29, 0.717) is 23.6 Å². The number of anilines is 1. The summed E-state index contributed by atoms with van der Waals surface area (Å²) >= 11 is 2.18. The number of halogens is 1. The molecule has 0 fully saturated rings. The Labute approximate surface area is 148 Å². The lowest BCUT2D eigenvalue weighted by Gasteiger charge is -2.10. The molecule has 0 radical (unpaired) electrons. The number of carbonyl (C=O) groups excluding carboxylic acids is 2. The first-order chi connectivity index (χ1) is 11.1. The molecular formula is C17H16INO4. The number of amides is 1. The molecule has 0 aromatic heterocycles. The number of hydrogen-bond donors (Lipinski definition) is 1. The van der Waals surface area contributed by atoms with Crippen molar-refractivity contribution >= 4 is 40.2 Å². The van der Waals surface area contributed by atoms with Crippen LogP contribution in [0.15, 0.2) is 48.5 Å². The van der Waals surface area contributed by atoms with Gasteiger partial charge in [-0.15, -0.1) is 0 Å². The van der Waals surface area contributed by atoms with Crippen LogP contribution in [0.2, 0.25) is 0 Å². The molecule has 0 unspecified atom stereocenters. The molecular weight excluding hydrogens is 409 g/mol. The highest BCUT2D eigenvalue weighted by Crippen LogP contribution is 2.19. The van der Waals surface area contributed by atoms with Gasteiger partial charge < -0.3 is 14.8 Å². The van der Waals surface area contributed by atoms with E-state index in [2.05, 4.69) is 27.9 Å². The summed E-state index contributed by atoms with van der Waals surface area (Å²) in [5.74, 6) is -0.543. The Bertz CT molecular complexity index is 685. The topological polar surface area (TPSA) is 64.6 Å². The van der Waals surface area contributed by atoms with Crippen LogP contribution in [0.4, 0.5) is 5.69 Å². The number of nitrogens with one attached hydrogen (secondary N) is 1. The van der Waals surface area contributed by atoms with Crippen LogP contribution in [0.5, 0.6) is 5.75 Å². The van der Waals surface area contributed by atoms with Crippen molar-refractivity contribution in [2.45, 2.75) is 6.92 Å². The molecule has 0 saturated carbocycles. The van der Waals surface area contributed by atoms with Gasteiger partial charge in [0.15, 0.2) is 6.61 Å². The van der Waals surface area contributed by atoms with Gasteiger partial charge in [0.05, 0.1) is 6.61 Å². The van der Waals surface area contributed by atoms with Crippen molar-refractivity contribution in [2.24, 2.45) is 0 Å². The average Bonchev–Trinajstić information content (AvgIpc) is 2.56. The van der Waals surface area contributed by atoms with Crippen LogP contribution in [-0.4, -0.2) is 25.1 Å². The SMILES string of the molecule is CCOc1ccccc1C(=O)OCC(=O)Nc1ccc(I)cc1. The molecule has 0 heterocycles. The van der Waals surface area contributed by atoms with Gasteiger partial charge in [-0.3, -0.25) is 4.79 Å². The zero-order valence-electron chi connectivity index (χ0n) is 12.5. The molecule has 1 amide bonds. The molecule has 23 heavy (non-hydrogen) atoms. The van der Waals surface area contributed by atoms with E-state index in [1.807, 2.05) is 19.1 Å². The molecule has 0 aliphatic rings. The smallest absolute Gasteiger partial charge is 0.342 e. The third kappa shape index (κ3) is 5.24. The number of benzene rings is 2. The first-order valence-electron chi connectivity index (χ1n) is 7.04. The van der Waals surface area contributed by atoms with Crippen molar-refractivity contribution in [3.05, 3.63) is 57.7 Å². The third-order valence-electron chi connectivity index (χ3n) is 2.87. The van der Waals surface area contributed by atoms with Crippen LogP contribution >= 0.6 is 22.6 Å². The van der Waals surface area contributed by atoms with Crippen molar-refractivity contribution < 1.29 is 19.1 Å². The van der Waals surface area contributed by atoms with Gasteiger partial charge in [-0.2, -0.15) is 0 Å². The van der Waals surface area contributed by atoms with E-state index in [-0.39, 0.29) is 6.61 Å². The summed E-state index contributed by atoms with van der Waals surface area (Å²) in [5.41, 5.74) is 0.956. The Hall–Kier alpha value is -2.09. The molecule has 0 saturated heterocycles. The molecule has 0 aliphatic heterocycles. The van der Waals surface area contributed by atoms with Gasteiger partial charge in [-0.05, 0) is 65.9 Å². The van der Waals surface area contributed by atoms with Crippen LogP contribution in [-0.2, 0) is 9.53 Å². The Balaban J connectivity index is 1.91. The zero-order valence-corrected chi connectivity index (χ0v) is 14.7. The molecule has 0 atom stereocenters. The van der Waals surface area contributed by atoms with Gasteiger partial charge >= 0.3 is 5.97 Å². The predicted molar refractivity (Wildman–Crippen MR) is 95.7 cm³/mol. The van der Waals surface area contributed by atoms with Crippen molar-refractivity contribution in [1.29, 1.82) is 0 Å². The van der Waals surface area contributed by atoms with Crippen LogP contribution in [0, 0.1) is 3.57 Å². The molecule has 2 aromatic rings. The number of carbonyl (C=O) groups is 2. The summed E-state index contributed by atoms with van der Waals surface area (Å²) in [4.78, 5) is 23.9. The highest BCUT2D eigenvalue weighted by Gasteiger charge is 2.15. The van der Waals surface area contributed by atoms with E-state index in [0.717, 1.165) is 3.57 Å². The fraction of sp³-hybridized carbons (Fsp3) is 0.176. The van der Waals surface area contributed by atoms with E-state index in [9.17, 15) is 9.59 Å². The van der Waals surface area contributed by atoms with Gasteiger partial charge in [0.2, 0.25) is 0 Å². The number of hydrogen-bond acceptors (Lipinski definition) is 4. The summed E-state index contributed by atoms with van der Waals surface area (Å²) < 4.78 is 11.5. The van der Waals surface area contributed by atoms with Crippen molar-refractivity contribution in [2.75, 3.05) is 18.5 Å². The zero-order chi connectivity index (χ0) is 16.7. The van der Waals surface area contributed by atoms with Gasteiger partial charge in [0, 0.05) is 9.26 Å². The fourth-order valence-electron chi connectivity index (χ4n) is 1.86.